The van der Waals surface area contributed by atoms with Crippen molar-refractivity contribution in [3.8, 4) is 5.75 Å². The summed E-state index contributed by atoms with van der Waals surface area (Å²) >= 11 is 0. The number of benzene rings is 1. The fourth-order valence-corrected chi connectivity index (χ4v) is 2.70. The molecule has 1 aliphatic heterocycles. The average Bonchev–Trinajstić information content (AvgIpc) is 2.42. The number of likely N-dealkylation sites (N-methyl/N-ethyl adjacent to an activating group) is 1. The van der Waals surface area contributed by atoms with Crippen molar-refractivity contribution in [3.63, 3.8) is 0 Å². The highest BCUT2D eigenvalue weighted by Crippen LogP contribution is 2.33. The molecule has 0 aromatic heterocycles. The number of rotatable bonds is 4. The predicted octanol–water partition coefficient (Wildman–Crippen LogP) is 1.72. The van der Waals surface area contributed by atoms with Crippen molar-refractivity contribution in [3.05, 3.63) is 24.3 Å². The summed E-state index contributed by atoms with van der Waals surface area (Å²) in [5.41, 5.74) is 0.789. The molecule has 3 rings (SSSR count). The van der Waals surface area contributed by atoms with E-state index >= 15 is 0 Å². The molecule has 1 fully saturated rings. The first-order chi connectivity index (χ1) is 10.2. The highest BCUT2D eigenvalue weighted by Gasteiger charge is 2.32. The summed E-state index contributed by atoms with van der Waals surface area (Å²) < 4.78 is 5.75. The van der Waals surface area contributed by atoms with Gasteiger partial charge in [0.15, 0.2) is 6.10 Å². The number of carbonyl (C=O) groups is 2. The van der Waals surface area contributed by atoms with Gasteiger partial charge in [0.25, 0.3) is 5.91 Å². The Morgan fingerprint density at radius 2 is 2.14 bits per heavy atom. The zero-order valence-corrected chi connectivity index (χ0v) is 12.2. The Morgan fingerprint density at radius 3 is 2.86 bits per heavy atom. The minimum Gasteiger partial charge on any atom is -0.478 e. The van der Waals surface area contributed by atoms with Crippen LogP contribution in [0, 0.1) is 5.92 Å². The molecule has 1 aliphatic carbocycles. The van der Waals surface area contributed by atoms with E-state index in [1.165, 1.54) is 0 Å². The molecule has 21 heavy (non-hydrogen) atoms. The molecule has 1 saturated carbocycles. The van der Waals surface area contributed by atoms with Crippen molar-refractivity contribution in [1.29, 1.82) is 0 Å². The van der Waals surface area contributed by atoms with Crippen molar-refractivity contribution >= 4 is 17.5 Å². The topological polar surface area (TPSA) is 58.6 Å². The van der Waals surface area contributed by atoms with Gasteiger partial charge < -0.3 is 15.0 Å². The van der Waals surface area contributed by atoms with Crippen LogP contribution in [0.3, 0.4) is 0 Å². The average molecular weight is 288 g/mol. The maximum atomic E-state index is 12.3. The van der Waals surface area contributed by atoms with Gasteiger partial charge in [0.1, 0.15) is 5.75 Å². The van der Waals surface area contributed by atoms with Crippen LogP contribution in [0.2, 0.25) is 0 Å². The number of hydrogen-bond acceptors (Lipinski definition) is 3. The Balaban J connectivity index is 1.56. The zero-order chi connectivity index (χ0) is 14.8. The van der Waals surface area contributed by atoms with E-state index in [4.69, 9.17) is 4.74 Å². The summed E-state index contributed by atoms with van der Waals surface area (Å²) in [5.74, 6) is 0.941. The summed E-state index contributed by atoms with van der Waals surface area (Å²) in [7, 11) is 1.75. The molecular formula is C16H20N2O3. The number of ether oxygens (including phenoxy) is 1. The van der Waals surface area contributed by atoms with E-state index in [-0.39, 0.29) is 17.7 Å². The molecule has 5 nitrogen and oxygen atoms in total. The van der Waals surface area contributed by atoms with Crippen LogP contribution in [0.4, 0.5) is 5.69 Å². The van der Waals surface area contributed by atoms with Crippen molar-refractivity contribution in [1.82, 2.24) is 5.32 Å². The van der Waals surface area contributed by atoms with Crippen LogP contribution >= 0.6 is 0 Å². The maximum Gasteiger partial charge on any atom is 0.267 e. The molecule has 1 unspecified atom stereocenters. The first kappa shape index (κ1) is 13.9. The van der Waals surface area contributed by atoms with Gasteiger partial charge in [-0.05, 0) is 25.0 Å². The molecule has 1 aromatic rings. The first-order valence-corrected chi connectivity index (χ1v) is 7.48. The van der Waals surface area contributed by atoms with Crippen LogP contribution in [0.15, 0.2) is 24.3 Å². The van der Waals surface area contributed by atoms with Gasteiger partial charge in [-0.15, -0.1) is 0 Å². The first-order valence-electron chi connectivity index (χ1n) is 7.48. The van der Waals surface area contributed by atoms with E-state index in [1.807, 2.05) is 24.3 Å². The van der Waals surface area contributed by atoms with Gasteiger partial charge in [-0.3, -0.25) is 9.59 Å². The Morgan fingerprint density at radius 1 is 1.38 bits per heavy atom. The molecule has 0 bridgehead atoms. The highest BCUT2D eigenvalue weighted by molar-refractivity contribution is 5.99. The Labute approximate surface area is 124 Å². The number of fused-ring (bicyclic) bond motifs is 1. The molecule has 0 radical (unpaired) electrons. The predicted molar refractivity (Wildman–Crippen MR) is 79.2 cm³/mol. The van der Waals surface area contributed by atoms with Gasteiger partial charge >= 0.3 is 0 Å². The number of para-hydroxylation sites is 2. The standard InChI is InChI=1S/C16H20N2O3/c1-18-12-7-2-3-8-13(12)21-14(16(18)20)9-10-17-15(19)11-5-4-6-11/h2-3,7-8,11,14H,4-6,9-10H2,1H3,(H,17,19). The molecule has 1 aromatic carbocycles. The number of hydrogen-bond donors (Lipinski definition) is 1. The van der Waals surface area contributed by atoms with Crippen LogP contribution in [-0.4, -0.2) is 31.5 Å². The van der Waals surface area contributed by atoms with Gasteiger partial charge in [0, 0.05) is 25.9 Å². The fourth-order valence-electron chi connectivity index (χ4n) is 2.70. The lowest BCUT2D eigenvalue weighted by atomic mass is 9.85. The maximum absolute atomic E-state index is 12.3. The van der Waals surface area contributed by atoms with Crippen LogP contribution in [0.1, 0.15) is 25.7 Å². The van der Waals surface area contributed by atoms with Gasteiger partial charge in [0.2, 0.25) is 5.91 Å². The van der Waals surface area contributed by atoms with Gasteiger partial charge in [-0.1, -0.05) is 18.6 Å². The largest absolute Gasteiger partial charge is 0.478 e. The SMILES string of the molecule is CN1C(=O)C(CCNC(=O)C2CCC2)Oc2ccccc21. The third kappa shape index (κ3) is 2.73. The van der Waals surface area contributed by atoms with E-state index < -0.39 is 6.10 Å². The third-order valence-corrected chi connectivity index (χ3v) is 4.28. The van der Waals surface area contributed by atoms with Gasteiger partial charge in [-0.25, -0.2) is 0 Å². The molecule has 1 N–H and O–H groups in total. The highest BCUT2D eigenvalue weighted by atomic mass is 16.5. The van der Waals surface area contributed by atoms with Gasteiger partial charge in [0.05, 0.1) is 5.69 Å². The van der Waals surface area contributed by atoms with Crippen molar-refractivity contribution in [2.24, 2.45) is 5.92 Å². The van der Waals surface area contributed by atoms with Crippen molar-refractivity contribution in [2.45, 2.75) is 31.8 Å². The van der Waals surface area contributed by atoms with E-state index in [9.17, 15) is 9.59 Å². The Kier molecular flexibility index (Phi) is 3.82. The molecular weight excluding hydrogens is 268 g/mol. The minimum atomic E-state index is -0.522. The lowest BCUT2D eigenvalue weighted by Crippen LogP contribution is -2.45. The Bertz CT molecular complexity index is 554. The monoisotopic (exact) mass is 288 g/mol. The molecule has 112 valence electrons. The summed E-state index contributed by atoms with van der Waals surface area (Å²) in [6, 6.07) is 7.49. The number of nitrogens with zero attached hydrogens (tertiary/aromatic N) is 1. The third-order valence-electron chi connectivity index (χ3n) is 4.28. The van der Waals surface area contributed by atoms with Crippen molar-refractivity contribution in [2.75, 3.05) is 18.5 Å². The smallest absolute Gasteiger partial charge is 0.267 e. The number of anilines is 1. The lowest BCUT2D eigenvalue weighted by Gasteiger charge is -2.32. The van der Waals surface area contributed by atoms with Crippen LogP contribution in [0.25, 0.3) is 0 Å². The summed E-state index contributed by atoms with van der Waals surface area (Å²) in [4.78, 5) is 25.6. The molecule has 2 aliphatic rings. The molecule has 2 amide bonds. The number of nitrogens with one attached hydrogen (secondary N) is 1. The van der Waals surface area contributed by atoms with E-state index in [0.29, 0.717) is 13.0 Å². The quantitative estimate of drug-likeness (QED) is 0.917. The Hall–Kier alpha value is -2.04. The summed E-state index contributed by atoms with van der Waals surface area (Å²) in [6.45, 7) is 0.474. The summed E-state index contributed by atoms with van der Waals surface area (Å²) in [6.07, 6.45) is 3.09. The number of carbonyl (C=O) groups excluding carboxylic acids is 2. The minimum absolute atomic E-state index is 0.0633. The molecule has 5 heteroatoms. The fraction of sp³-hybridized carbons (Fsp3) is 0.500. The van der Waals surface area contributed by atoms with Crippen LogP contribution < -0.4 is 15.0 Å². The van der Waals surface area contributed by atoms with E-state index in [2.05, 4.69) is 5.32 Å². The van der Waals surface area contributed by atoms with Gasteiger partial charge in [-0.2, -0.15) is 0 Å². The van der Waals surface area contributed by atoms with E-state index in [0.717, 1.165) is 30.7 Å². The zero-order valence-electron chi connectivity index (χ0n) is 12.2. The molecule has 0 saturated heterocycles. The normalized spacial score (nSPS) is 21.3. The second-order valence-corrected chi connectivity index (χ2v) is 5.68. The second kappa shape index (κ2) is 5.76. The van der Waals surface area contributed by atoms with Crippen LogP contribution in [-0.2, 0) is 9.59 Å². The molecule has 0 spiro atoms. The van der Waals surface area contributed by atoms with Crippen LogP contribution in [0.5, 0.6) is 5.75 Å². The number of amides is 2. The molecule has 1 heterocycles. The van der Waals surface area contributed by atoms with Crippen molar-refractivity contribution < 1.29 is 14.3 Å². The lowest BCUT2D eigenvalue weighted by molar-refractivity contribution is -0.129. The van der Waals surface area contributed by atoms with E-state index in [1.54, 1.807) is 11.9 Å². The molecule has 1 atom stereocenters. The summed E-state index contributed by atoms with van der Waals surface area (Å²) in [5, 5.41) is 2.90. The second-order valence-electron chi connectivity index (χ2n) is 5.68.